The highest BCUT2D eigenvalue weighted by molar-refractivity contribution is 5.71. The molecule has 0 aliphatic carbocycles. The number of hydrogen-bond acceptors (Lipinski definition) is 3. The Morgan fingerprint density at radius 2 is 2.46 bits per heavy atom. The molecule has 13 heavy (non-hydrogen) atoms. The molecule has 1 aliphatic heterocycles. The molecular formula is C9H13NO3. The molecule has 0 saturated carbocycles. The molecule has 0 spiro atoms. The fraction of sp³-hybridized carbons (Fsp3) is 0.444. The summed E-state index contributed by atoms with van der Waals surface area (Å²) >= 11 is 0. The second-order valence-corrected chi connectivity index (χ2v) is 2.77. The molecule has 0 aromatic heterocycles. The zero-order valence-corrected chi connectivity index (χ0v) is 7.35. The van der Waals surface area contributed by atoms with Crippen molar-refractivity contribution in [2.75, 3.05) is 13.2 Å². The number of cyclic esters (lactones) is 1. The van der Waals surface area contributed by atoms with Crippen LogP contribution in [0, 0.1) is 0 Å². The number of carbonyl (C=O) groups is 1. The van der Waals surface area contributed by atoms with E-state index in [-0.39, 0.29) is 12.6 Å². The Labute approximate surface area is 77.1 Å². The smallest absolute Gasteiger partial charge is 0.411 e. The Bertz CT molecular complexity index is 227. The van der Waals surface area contributed by atoms with Gasteiger partial charge in [-0.2, -0.15) is 0 Å². The van der Waals surface area contributed by atoms with Crippen LogP contribution in [-0.4, -0.2) is 41.4 Å². The minimum atomic E-state index is -0.427. The van der Waals surface area contributed by atoms with E-state index in [1.807, 2.05) is 0 Å². The summed E-state index contributed by atoms with van der Waals surface area (Å²) in [6.45, 7) is 7.27. The summed E-state index contributed by atoms with van der Waals surface area (Å²) in [6.07, 6.45) is 2.71. The van der Waals surface area contributed by atoms with Crippen LogP contribution in [0.15, 0.2) is 25.3 Å². The van der Waals surface area contributed by atoms with E-state index in [4.69, 9.17) is 9.84 Å². The van der Waals surface area contributed by atoms with Gasteiger partial charge in [0.05, 0.1) is 18.7 Å². The molecule has 1 fully saturated rings. The first kappa shape index (κ1) is 9.80. The van der Waals surface area contributed by atoms with Crippen LogP contribution < -0.4 is 0 Å². The molecular weight excluding hydrogens is 170 g/mol. The van der Waals surface area contributed by atoms with E-state index in [9.17, 15) is 4.79 Å². The molecule has 1 aliphatic rings. The Morgan fingerprint density at radius 3 is 2.92 bits per heavy atom. The third kappa shape index (κ3) is 1.72. The first-order valence-electron chi connectivity index (χ1n) is 4.05. The van der Waals surface area contributed by atoms with E-state index in [0.29, 0.717) is 6.61 Å². The van der Waals surface area contributed by atoms with Crippen molar-refractivity contribution in [3.05, 3.63) is 25.3 Å². The number of aliphatic hydroxyl groups excluding tert-OH is 1. The number of hydrogen-bond donors (Lipinski definition) is 1. The van der Waals surface area contributed by atoms with Crippen molar-refractivity contribution >= 4 is 6.09 Å². The van der Waals surface area contributed by atoms with Gasteiger partial charge >= 0.3 is 6.09 Å². The number of amides is 1. The third-order valence-corrected chi connectivity index (χ3v) is 2.03. The van der Waals surface area contributed by atoms with Crippen LogP contribution in [0.2, 0.25) is 0 Å². The van der Waals surface area contributed by atoms with Gasteiger partial charge in [0.1, 0.15) is 6.61 Å². The zero-order chi connectivity index (χ0) is 9.84. The van der Waals surface area contributed by atoms with Gasteiger partial charge in [0, 0.05) is 0 Å². The second kappa shape index (κ2) is 4.09. The lowest BCUT2D eigenvalue weighted by Crippen LogP contribution is -2.42. The number of rotatable bonds is 4. The Morgan fingerprint density at radius 1 is 1.77 bits per heavy atom. The van der Waals surface area contributed by atoms with Gasteiger partial charge in [0.2, 0.25) is 0 Å². The molecule has 0 aromatic rings. The Hall–Kier alpha value is -1.29. The van der Waals surface area contributed by atoms with Crippen molar-refractivity contribution in [3.63, 3.8) is 0 Å². The summed E-state index contributed by atoms with van der Waals surface area (Å²) in [7, 11) is 0. The van der Waals surface area contributed by atoms with Gasteiger partial charge in [0.15, 0.2) is 0 Å². The van der Waals surface area contributed by atoms with E-state index in [1.54, 1.807) is 6.08 Å². The summed E-state index contributed by atoms with van der Waals surface area (Å²) in [5.41, 5.74) is 0. The summed E-state index contributed by atoms with van der Waals surface area (Å²) in [6, 6.07) is -0.555. The van der Waals surface area contributed by atoms with Gasteiger partial charge in [-0.15, -0.1) is 13.2 Å². The van der Waals surface area contributed by atoms with Crippen molar-refractivity contribution in [3.8, 4) is 0 Å². The normalized spacial score (nSPS) is 23.9. The average Bonchev–Trinajstić information content (AvgIpc) is 2.51. The van der Waals surface area contributed by atoms with Crippen molar-refractivity contribution in [2.45, 2.75) is 12.1 Å². The van der Waals surface area contributed by atoms with Crippen molar-refractivity contribution < 1.29 is 14.6 Å². The molecule has 1 rings (SSSR count). The van der Waals surface area contributed by atoms with Crippen LogP contribution in [0.4, 0.5) is 4.79 Å². The lowest BCUT2D eigenvalue weighted by atomic mass is 10.2. The molecule has 0 aromatic carbocycles. The number of nitrogens with zero attached hydrogens (tertiary/aromatic N) is 1. The molecule has 1 amide bonds. The molecule has 1 saturated heterocycles. The molecule has 2 atom stereocenters. The summed E-state index contributed by atoms with van der Waals surface area (Å²) in [5, 5.41) is 8.96. The molecule has 4 nitrogen and oxygen atoms in total. The quantitative estimate of drug-likeness (QED) is 0.647. The van der Waals surface area contributed by atoms with Crippen molar-refractivity contribution in [2.24, 2.45) is 0 Å². The lowest BCUT2D eigenvalue weighted by Gasteiger charge is -2.24. The first-order chi connectivity index (χ1) is 6.24. The Kier molecular flexibility index (Phi) is 3.08. The number of aliphatic hydroxyl groups is 1. The molecule has 0 unspecified atom stereocenters. The highest BCUT2D eigenvalue weighted by atomic mass is 16.6. The van der Waals surface area contributed by atoms with Gasteiger partial charge in [-0.05, 0) is 0 Å². The number of carbonyl (C=O) groups excluding carboxylic acids is 1. The van der Waals surface area contributed by atoms with Gasteiger partial charge in [0.25, 0.3) is 0 Å². The lowest BCUT2D eigenvalue weighted by molar-refractivity contribution is 0.135. The summed E-state index contributed by atoms with van der Waals surface area (Å²) < 4.78 is 4.81. The highest BCUT2D eigenvalue weighted by Crippen LogP contribution is 2.17. The molecule has 4 heteroatoms. The third-order valence-electron chi connectivity index (χ3n) is 2.03. The molecule has 1 N–H and O–H groups in total. The standard InChI is InChI=1S/C9H13NO3/c1-3-7(5-11)10-8(4-2)6-13-9(10)12/h3-4,7-8,11H,1-2,5-6H2/t7-,8+/m1/s1. The fourth-order valence-electron chi connectivity index (χ4n) is 1.29. The molecule has 0 radical (unpaired) electrons. The van der Waals surface area contributed by atoms with E-state index < -0.39 is 12.1 Å². The van der Waals surface area contributed by atoms with Crippen molar-refractivity contribution in [1.82, 2.24) is 4.90 Å². The number of ether oxygens (including phenoxy) is 1. The topological polar surface area (TPSA) is 49.8 Å². The first-order valence-corrected chi connectivity index (χ1v) is 4.05. The van der Waals surface area contributed by atoms with Gasteiger partial charge < -0.3 is 9.84 Å². The van der Waals surface area contributed by atoms with Crippen LogP contribution in [0.3, 0.4) is 0 Å². The molecule has 0 bridgehead atoms. The van der Waals surface area contributed by atoms with Crippen molar-refractivity contribution in [1.29, 1.82) is 0 Å². The van der Waals surface area contributed by atoms with Crippen LogP contribution in [0.25, 0.3) is 0 Å². The average molecular weight is 183 g/mol. The van der Waals surface area contributed by atoms with E-state index >= 15 is 0 Å². The monoisotopic (exact) mass is 183 g/mol. The maximum absolute atomic E-state index is 11.2. The van der Waals surface area contributed by atoms with Crippen LogP contribution in [-0.2, 0) is 4.74 Å². The fourth-order valence-corrected chi connectivity index (χ4v) is 1.29. The summed E-state index contributed by atoms with van der Waals surface area (Å²) in [5.74, 6) is 0. The Balaban J connectivity index is 2.78. The van der Waals surface area contributed by atoms with Gasteiger partial charge in [-0.3, -0.25) is 4.90 Å². The van der Waals surface area contributed by atoms with Gasteiger partial charge in [-0.25, -0.2) is 4.79 Å². The van der Waals surface area contributed by atoms with Gasteiger partial charge in [-0.1, -0.05) is 12.2 Å². The maximum Gasteiger partial charge on any atom is 0.411 e. The van der Waals surface area contributed by atoms with E-state index in [1.165, 1.54) is 11.0 Å². The van der Waals surface area contributed by atoms with Crippen LogP contribution in [0.1, 0.15) is 0 Å². The minimum absolute atomic E-state index is 0.150. The molecule has 72 valence electrons. The predicted molar refractivity (Wildman–Crippen MR) is 48.2 cm³/mol. The zero-order valence-electron chi connectivity index (χ0n) is 7.35. The van der Waals surface area contributed by atoms with Crippen LogP contribution in [0.5, 0.6) is 0 Å². The SMILES string of the molecule is C=C[C@H](CO)N1C(=O)OC[C@@H]1C=C. The van der Waals surface area contributed by atoms with E-state index in [2.05, 4.69) is 13.2 Å². The van der Waals surface area contributed by atoms with E-state index in [0.717, 1.165) is 0 Å². The largest absolute Gasteiger partial charge is 0.447 e. The highest BCUT2D eigenvalue weighted by Gasteiger charge is 2.34. The summed E-state index contributed by atoms with van der Waals surface area (Å²) in [4.78, 5) is 12.6. The minimum Gasteiger partial charge on any atom is -0.447 e. The van der Waals surface area contributed by atoms with Crippen LogP contribution >= 0.6 is 0 Å². The second-order valence-electron chi connectivity index (χ2n) is 2.77. The predicted octanol–water partition coefficient (Wildman–Crippen LogP) is 0.540. The molecule has 1 heterocycles. The maximum atomic E-state index is 11.2.